The topological polar surface area (TPSA) is 17.3 Å². The molecule has 0 saturated carbocycles. The minimum Gasteiger partial charge on any atom is -0.302 e. The Balaban J connectivity index is 0.000000531. The van der Waals surface area contributed by atoms with E-state index in [4.69, 9.17) is 0 Å². The van der Waals surface area contributed by atoms with Crippen LogP contribution in [0.25, 0.3) is 5.65 Å². The highest BCUT2D eigenvalue weighted by Crippen LogP contribution is 2.24. The van der Waals surface area contributed by atoms with Gasteiger partial charge in [-0.05, 0) is 51.8 Å². The van der Waals surface area contributed by atoms with Crippen molar-refractivity contribution in [3.05, 3.63) is 32.6 Å². The van der Waals surface area contributed by atoms with Crippen LogP contribution < -0.4 is 0 Å². The SMILES string of the molecule is CC.Cc1nc2c(Br)cc(Br)cn2c1C. The first kappa shape index (κ1) is 12.7. The zero-order valence-corrected chi connectivity index (χ0v) is 12.5. The van der Waals surface area contributed by atoms with Crippen LogP contribution in [0.15, 0.2) is 21.2 Å². The minimum absolute atomic E-state index is 0.971. The molecule has 0 spiro atoms. The summed E-state index contributed by atoms with van der Waals surface area (Å²) in [6.45, 7) is 8.08. The van der Waals surface area contributed by atoms with Gasteiger partial charge in [-0.25, -0.2) is 4.98 Å². The molecular weight excluding hydrogens is 320 g/mol. The monoisotopic (exact) mass is 332 g/mol. The average molecular weight is 334 g/mol. The van der Waals surface area contributed by atoms with Crippen LogP contribution in [0.5, 0.6) is 0 Å². The number of aryl methyl sites for hydroxylation is 2. The molecule has 0 aliphatic heterocycles. The normalized spacial score (nSPS) is 10.0. The summed E-state index contributed by atoms with van der Waals surface area (Å²) in [7, 11) is 0. The number of fused-ring (bicyclic) bond motifs is 1. The fraction of sp³-hybridized carbons (Fsp3) is 0.364. The third-order valence-corrected chi connectivity index (χ3v) is 3.13. The summed E-state index contributed by atoms with van der Waals surface area (Å²) in [6.07, 6.45) is 2.02. The van der Waals surface area contributed by atoms with Gasteiger partial charge in [-0.3, -0.25) is 0 Å². The number of hydrogen-bond donors (Lipinski definition) is 0. The molecule has 0 N–H and O–H groups in total. The predicted octanol–water partition coefficient (Wildman–Crippen LogP) is 4.50. The van der Waals surface area contributed by atoms with E-state index in [1.54, 1.807) is 0 Å². The van der Waals surface area contributed by atoms with Crippen LogP contribution in [-0.2, 0) is 0 Å². The van der Waals surface area contributed by atoms with Crippen molar-refractivity contribution in [1.82, 2.24) is 9.38 Å². The molecule has 0 atom stereocenters. The molecule has 4 heteroatoms. The zero-order chi connectivity index (χ0) is 11.6. The van der Waals surface area contributed by atoms with Crippen molar-refractivity contribution in [1.29, 1.82) is 0 Å². The van der Waals surface area contributed by atoms with Gasteiger partial charge in [-0.1, -0.05) is 13.8 Å². The van der Waals surface area contributed by atoms with Crippen LogP contribution in [0.1, 0.15) is 25.2 Å². The highest BCUT2D eigenvalue weighted by Gasteiger charge is 2.07. The highest BCUT2D eigenvalue weighted by molar-refractivity contribution is 9.11. The molecule has 0 aliphatic rings. The molecule has 2 heterocycles. The fourth-order valence-corrected chi connectivity index (χ4v) is 2.57. The van der Waals surface area contributed by atoms with Crippen LogP contribution >= 0.6 is 31.9 Å². The van der Waals surface area contributed by atoms with E-state index < -0.39 is 0 Å². The molecule has 0 aromatic carbocycles. The molecule has 15 heavy (non-hydrogen) atoms. The van der Waals surface area contributed by atoms with Gasteiger partial charge in [0.1, 0.15) is 0 Å². The molecule has 2 aromatic rings. The summed E-state index contributed by atoms with van der Waals surface area (Å²) < 4.78 is 4.13. The van der Waals surface area contributed by atoms with Gasteiger partial charge in [0.25, 0.3) is 0 Å². The summed E-state index contributed by atoms with van der Waals surface area (Å²) in [5.41, 5.74) is 3.22. The molecule has 2 aromatic heterocycles. The molecule has 0 bridgehead atoms. The van der Waals surface area contributed by atoms with Crippen molar-refractivity contribution >= 4 is 37.5 Å². The van der Waals surface area contributed by atoms with E-state index in [9.17, 15) is 0 Å². The van der Waals surface area contributed by atoms with Crippen LogP contribution in [0.2, 0.25) is 0 Å². The maximum Gasteiger partial charge on any atom is 0.151 e. The van der Waals surface area contributed by atoms with Gasteiger partial charge >= 0.3 is 0 Å². The third-order valence-electron chi connectivity index (χ3n) is 2.12. The van der Waals surface area contributed by atoms with Gasteiger partial charge in [0, 0.05) is 16.4 Å². The molecule has 2 rings (SSSR count). The molecule has 0 saturated heterocycles. The van der Waals surface area contributed by atoms with Crippen LogP contribution in [0.3, 0.4) is 0 Å². The van der Waals surface area contributed by atoms with Crippen molar-refractivity contribution in [3.63, 3.8) is 0 Å². The van der Waals surface area contributed by atoms with E-state index in [0.29, 0.717) is 0 Å². The van der Waals surface area contributed by atoms with Gasteiger partial charge in [0.15, 0.2) is 5.65 Å². The number of halogens is 2. The lowest BCUT2D eigenvalue weighted by Gasteiger charge is -1.99. The van der Waals surface area contributed by atoms with Crippen molar-refractivity contribution in [2.24, 2.45) is 0 Å². The molecule has 0 radical (unpaired) electrons. The first-order valence-electron chi connectivity index (χ1n) is 4.90. The Morgan fingerprint density at radius 3 is 2.40 bits per heavy atom. The molecule has 0 amide bonds. The second kappa shape index (κ2) is 5.12. The van der Waals surface area contributed by atoms with E-state index >= 15 is 0 Å². The fourth-order valence-electron chi connectivity index (χ4n) is 1.30. The number of aromatic nitrogens is 2. The first-order valence-corrected chi connectivity index (χ1v) is 6.48. The summed E-state index contributed by atoms with van der Waals surface area (Å²) in [4.78, 5) is 4.45. The summed E-state index contributed by atoms with van der Waals surface area (Å²) in [5.74, 6) is 0. The largest absolute Gasteiger partial charge is 0.302 e. The number of pyridine rings is 1. The van der Waals surface area contributed by atoms with Crippen molar-refractivity contribution in [2.45, 2.75) is 27.7 Å². The van der Waals surface area contributed by atoms with Gasteiger partial charge in [-0.15, -0.1) is 0 Å². The van der Waals surface area contributed by atoms with Gasteiger partial charge in [0.05, 0.1) is 10.2 Å². The van der Waals surface area contributed by atoms with Crippen LogP contribution in [0.4, 0.5) is 0 Å². The molecule has 82 valence electrons. The van der Waals surface area contributed by atoms with Crippen molar-refractivity contribution < 1.29 is 0 Å². The lowest BCUT2D eigenvalue weighted by molar-refractivity contribution is 1.08. The lowest BCUT2D eigenvalue weighted by atomic mass is 10.4. The second-order valence-corrected chi connectivity index (χ2v) is 4.75. The van der Waals surface area contributed by atoms with Crippen LogP contribution in [-0.4, -0.2) is 9.38 Å². The van der Waals surface area contributed by atoms with E-state index in [-0.39, 0.29) is 0 Å². The zero-order valence-electron chi connectivity index (χ0n) is 9.31. The summed E-state index contributed by atoms with van der Waals surface area (Å²) in [5, 5.41) is 0. The van der Waals surface area contributed by atoms with Gasteiger partial charge in [0.2, 0.25) is 0 Å². The Morgan fingerprint density at radius 1 is 1.20 bits per heavy atom. The lowest BCUT2D eigenvalue weighted by Crippen LogP contribution is -1.88. The van der Waals surface area contributed by atoms with Crippen LogP contribution in [0, 0.1) is 13.8 Å². The molecule has 0 fully saturated rings. The standard InChI is InChI=1S/C9H8Br2N2.C2H6/c1-5-6(2)13-4-7(10)3-8(11)9(13)12-5;1-2/h3-4H,1-2H3;1-2H3. The van der Waals surface area contributed by atoms with E-state index in [1.165, 1.54) is 5.69 Å². The Hall–Kier alpha value is -0.350. The smallest absolute Gasteiger partial charge is 0.151 e. The van der Waals surface area contributed by atoms with Crippen molar-refractivity contribution in [3.8, 4) is 0 Å². The number of nitrogens with zero attached hydrogens (tertiary/aromatic N) is 2. The maximum absolute atomic E-state index is 4.45. The maximum atomic E-state index is 4.45. The van der Waals surface area contributed by atoms with E-state index in [1.807, 2.05) is 33.0 Å². The number of imidazole rings is 1. The average Bonchev–Trinajstić information content (AvgIpc) is 2.49. The molecule has 0 aliphatic carbocycles. The molecule has 2 nitrogen and oxygen atoms in total. The Bertz CT molecular complexity index is 475. The quantitative estimate of drug-likeness (QED) is 0.693. The van der Waals surface area contributed by atoms with E-state index in [0.717, 1.165) is 20.3 Å². The Labute approximate surface area is 107 Å². The van der Waals surface area contributed by atoms with Crippen molar-refractivity contribution in [2.75, 3.05) is 0 Å². The highest BCUT2D eigenvalue weighted by atomic mass is 79.9. The first-order chi connectivity index (χ1) is 7.09. The van der Waals surface area contributed by atoms with Gasteiger partial charge in [-0.2, -0.15) is 0 Å². The predicted molar refractivity (Wildman–Crippen MR) is 71.4 cm³/mol. The van der Waals surface area contributed by atoms with Gasteiger partial charge < -0.3 is 4.40 Å². The molecule has 0 unspecified atom stereocenters. The summed E-state index contributed by atoms with van der Waals surface area (Å²) >= 11 is 6.93. The Kier molecular flexibility index (Phi) is 4.34. The summed E-state index contributed by atoms with van der Waals surface area (Å²) in [6, 6.07) is 2.00. The minimum atomic E-state index is 0.971. The number of rotatable bonds is 0. The Morgan fingerprint density at radius 2 is 1.80 bits per heavy atom. The van der Waals surface area contributed by atoms with E-state index in [2.05, 4.69) is 48.2 Å². The number of hydrogen-bond acceptors (Lipinski definition) is 1. The second-order valence-electron chi connectivity index (χ2n) is 2.98. The third kappa shape index (κ3) is 2.42. The molecular formula is C11H14Br2N2.